The maximum absolute atomic E-state index is 11.8. The highest BCUT2D eigenvalue weighted by molar-refractivity contribution is 6.30. The van der Waals surface area contributed by atoms with E-state index in [0.29, 0.717) is 30.0 Å². The predicted molar refractivity (Wildman–Crippen MR) is 75.5 cm³/mol. The molecule has 0 heterocycles. The molecule has 104 valence electrons. The molecule has 0 saturated heterocycles. The van der Waals surface area contributed by atoms with Gasteiger partial charge in [-0.15, -0.1) is 0 Å². The number of halogens is 1. The van der Waals surface area contributed by atoms with Crippen LogP contribution < -0.4 is 0 Å². The molecule has 19 heavy (non-hydrogen) atoms. The molecule has 1 aromatic carbocycles. The van der Waals surface area contributed by atoms with Gasteiger partial charge in [0.25, 0.3) is 0 Å². The van der Waals surface area contributed by atoms with Crippen LogP contribution in [0.15, 0.2) is 24.3 Å². The van der Waals surface area contributed by atoms with Gasteiger partial charge in [-0.05, 0) is 44.0 Å². The van der Waals surface area contributed by atoms with Crippen LogP contribution in [0.3, 0.4) is 0 Å². The molecule has 0 aliphatic heterocycles. The van der Waals surface area contributed by atoms with Crippen molar-refractivity contribution in [3.05, 3.63) is 34.9 Å². The fourth-order valence-corrected chi connectivity index (χ4v) is 1.87. The number of carbonyl (C=O) groups is 2. The Hall–Kier alpha value is -1.35. The first-order valence-electron chi connectivity index (χ1n) is 6.58. The van der Waals surface area contributed by atoms with Crippen molar-refractivity contribution in [2.24, 2.45) is 0 Å². The van der Waals surface area contributed by atoms with Gasteiger partial charge in [-0.1, -0.05) is 18.0 Å². The number of unbranched alkanes of at least 4 members (excludes halogenated alkanes) is 2. The average molecular weight is 283 g/mol. The molecule has 0 radical (unpaired) electrons. The number of esters is 1. The second kappa shape index (κ2) is 8.70. The summed E-state index contributed by atoms with van der Waals surface area (Å²) in [5.74, 6) is -0.0423. The van der Waals surface area contributed by atoms with E-state index in [-0.39, 0.29) is 11.8 Å². The maximum atomic E-state index is 11.8. The number of rotatable bonds is 8. The van der Waals surface area contributed by atoms with Crippen LogP contribution in [0.2, 0.25) is 5.02 Å². The summed E-state index contributed by atoms with van der Waals surface area (Å²) < 4.78 is 4.83. The molecule has 0 saturated carbocycles. The first kappa shape index (κ1) is 15.7. The number of carbonyl (C=O) groups excluding carboxylic acids is 2. The lowest BCUT2D eigenvalue weighted by Crippen LogP contribution is -2.03. The molecule has 0 unspecified atom stereocenters. The minimum atomic E-state index is -0.161. The van der Waals surface area contributed by atoms with Crippen molar-refractivity contribution in [3.63, 3.8) is 0 Å². The fraction of sp³-hybridized carbons (Fsp3) is 0.467. The largest absolute Gasteiger partial charge is 0.466 e. The number of Topliss-reactive ketones (excluding diaryl/α,β-unsaturated/α-hetero) is 1. The van der Waals surface area contributed by atoms with Crippen LogP contribution in [-0.4, -0.2) is 18.4 Å². The Bertz CT molecular complexity index is 412. The van der Waals surface area contributed by atoms with Gasteiger partial charge in [-0.25, -0.2) is 0 Å². The molecule has 1 rings (SSSR count). The van der Waals surface area contributed by atoms with Crippen molar-refractivity contribution in [2.75, 3.05) is 6.61 Å². The van der Waals surface area contributed by atoms with Crippen LogP contribution in [0.25, 0.3) is 0 Å². The number of benzene rings is 1. The standard InChI is InChI=1S/C15H19ClO3/c1-2-19-15(18)7-5-3-4-6-14(17)12-8-10-13(16)11-9-12/h8-11H,2-7H2,1H3. The molecular weight excluding hydrogens is 264 g/mol. The van der Waals surface area contributed by atoms with E-state index in [1.54, 1.807) is 31.2 Å². The van der Waals surface area contributed by atoms with Crippen LogP contribution in [0.1, 0.15) is 49.4 Å². The Kier molecular flexibility index (Phi) is 7.19. The smallest absolute Gasteiger partial charge is 0.305 e. The van der Waals surface area contributed by atoms with Gasteiger partial charge in [0.2, 0.25) is 0 Å². The Labute approximate surface area is 118 Å². The molecule has 0 N–H and O–H groups in total. The minimum absolute atomic E-state index is 0.118. The highest BCUT2D eigenvalue weighted by atomic mass is 35.5. The zero-order valence-corrected chi connectivity index (χ0v) is 11.9. The van der Waals surface area contributed by atoms with Gasteiger partial charge in [0, 0.05) is 23.4 Å². The Balaban J connectivity index is 2.17. The van der Waals surface area contributed by atoms with E-state index in [9.17, 15) is 9.59 Å². The van der Waals surface area contributed by atoms with Gasteiger partial charge in [0.1, 0.15) is 0 Å². The fourth-order valence-electron chi connectivity index (χ4n) is 1.74. The summed E-state index contributed by atoms with van der Waals surface area (Å²) in [6.07, 6.45) is 3.36. The lowest BCUT2D eigenvalue weighted by molar-refractivity contribution is -0.143. The second-order valence-corrected chi connectivity index (χ2v) is 4.73. The van der Waals surface area contributed by atoms with E-state index in [1.807, 2.05) is 0 Å². The van der Waals surface area contributed by atoms with E-state index in [1.165, 1.54) is 0 Å². The third kappa shape index (κ3) is 6.39. The SMILES string of the molecule is CCOC(=O)CCCCCC(=O)c1ccc(Cl)cc1. The van der Waals surface area contributed by atoms with Crippen molar-refractivity contribution in [1.82, 2.24) is 0 Å². The van der Waals surface area contributed by atoms with Gasteiger partial charge in [0.05, 0.1) is 6.61 Å². The van der Waals surface area contributed by atoms with Gasteiger partial charge in [0.15, 0.2) is 5.78 Å². The molecule has 1 aromatic rings. The van der Waals surface area contributed by atoms with E-state index in [4.69, 9.17) is 16.3 Å². The molecule has 3 nitrogen and oxygen atoms in total. The van der Waals surface area contributed by atoms with Crippen LogP contribution in [0, 0.1) is 0 Å². The zero-order chi connectivity index (χ0) is 14.1. The minimum Gasteiger partial charge on any atom is -0.466 e. The monoisotopic (exact) mass is 282 g/mol. The number of ketones is 1. The molecular formula is C15H19ClO3. The summed E-state index contributed by atoms with van der Waals surface area (Å²) in [6, 6.07) is 6.91. The van der Waals surface area contributed by atoms with Crippen molar-refractivity contribution >= 4 is 23.4 Å². The maximum Gasteiger partial charge on any atom is 0.305 e. The summed E-state index contributed by atoms with van der Waals surface area (Å²) in [5.41, 5.74) is 0.690. The molecule has 4 heteroatoms. The van der Waals surface area contributed by atoms with E-state index >= 15 is 0 Å². The lowest BCUT2D eigenvalue weighted by Gasteiger charge is -2.02. The zero-order valence-electron chi connectivity index (χ0n) is 11.2. The topological polar surface area (TPSA) is 43.4 Å². The number of ether oxygens (including phenoxy) is 1. The quantitative estimate of drug-likeness (QED) is 0.411. The van der Waals surface area contributed by atoms with E-state index in [0.717, 1.165) is 19.3 Å². The van der Waals surface area contributed by atoms with Crippen LogP contribution >= 0.6 is 11.6 Å². The highest BCUT2D eigenvalue weighted by Crippen LogP contribution is 2.13. The van der Waals surface area contributed by atoms with Gasteiger partial charge >= 0.3 is 5.97 Å². The normalized spacial score (nSPS) is 10.2. The third-order valence-electron chi connectivity index (χ3n) is 2.76. The summed E-state index contributed by atoms with van der Waals surface area (Å²) >= 11 is 5.76. The Morgan fingerprint density at radius 3 is 2.32 bits per heavy atom. The molecule has 0 aromatic heterocycles. The van der Waals surface area contributed by atoms with Crippen LogP contribution in [0.5, 0.6) is 0 Å². The van der Waals surface area contributed by atoms with Crippen molar-refractivity contribution < 1.29 is 14.3 Å². The summed E-state index contributed by atoms with van der Waals surface area (Å²) in [4.78, 5) is 22.9. The molecule has 0 atom stereocenters. The molecule has 0 spiro atoms. The molecule has 0 aliphatic carbocycles. The molecule has 0 aliphatic rings. The number of hydrogen-bond donors (Lipinski definition) is 0. The van der Waals surface area contributed by atoms with Gasteiger partial charge < -0.3 is 4.74 Å². The van der Waals surface area contributed by atoms with Gasteiger partial charge in [-0.3, -0.25) is 9.59 Å². The number of hydrogen-bond acceptors (Lipinski definition) is 3. The van der Waals surface area contributed by atoms with E-state index in [2.05, 4.69) is 0 Å². The first-order chi connectivity index (χ1) is 9.13. The van der Waals surface area contributed by atoms with Crippen LogP contribution in [-0.2, 0) is 9.53 Å². The summed E-state index contributed by atoms with van der Waals surface area (Å²) in [5, 5.41) is 0.631. The lowest BCUT2D eigenvalue weighted by atomic mass is 10.0. The van der Waals surface area contributed by atoms with Gasteiger partial charge in [-0.2, -0.15) is 0 Å². The molecule has 0 bridgehead atoms. The average Bonchev–Trinajstić information content (AvgIpc) is 2.39. The summed E-state index contributed by atoms with van der Waals surface area (Å²) in [6.45, 7) is 2.22. The van der Waals surface area contributed by atoms with Crippen molar-refractivity contribution in [2.45, 2.75) is 39.0 Å². The second-order valence-electron chi connectivity index (χ2n) is 4.30. The Morgan fingerprint density at radius 1 is 1.05 bits per heavy atom. The first-order valence-corrected chi connectivity index (χ1v) is 6.95. The molecule has 0 amide bonds. The molecule has 0 fully saturated rings. The Morgan fingerprint density at radius 2 is 1.68 bits per heavy atom. The van der Waals surface area contributed by atoms with E-state index < -0.39 is 0 Å². The predicted octanol–water partition coefficient (Wildman–Crippen LogP) is 4.04. The van der Waals surface area contributed by atoms with Crippen molar-refractivity contribution in [1.29, 1.82) is 0 Å². The van der Waals surface area contributed by atoms with Crippen molar-refractivity contribution in [3.8, 4) is 0 Å². The summed E-state index contributed by atoms with van der Waals surface area (Å²) in [7, 11) is 0. The third-order valence-corrected chi connectivity index (χ3v) is 3.01. The van der Waals surface area contributed by atoms with Crippen LogP contribution in [0.4, 0.5) is 0 Å². The highest BCUT2D eigenvalue weighted by Gasteiger charge is 2.06.